The molecule has 3 rings (SSSR count). The third-order valence-electron chi connectivity index (χ3n) is 5.42. The Labute approximate surface area is 156 Å². The van der Waals surface area contributed by atoms with Gasteiger partial charge in [0.2, 0.25) is 0 Å². The fraction of sp³-hybridized carbons (Fsp3) is 0.524. The van der Waals surface area contributed by atoms with Gasteiger partial charge < -0.3 is 14.5 Å². The van der Waals surface area contributed by atoms with E-state index in [2.05, 4.69) is 54.0 Å². The predicted molar refractivity (Wildman–Crippen MR) is 106 cm³/mol. The Morgan fingerprint density at radius 3 is 2.69 bits per heavy atom. The van der Waals surface area contributed by atoms with Crippen molar-refractivity contribution in [3.8, 4) is 0 Å². The highest BCUT2D eigenvalue weighted by molar-refractivity contribution is 6.06. The van der Waals surface area contributed by atoms with Gasteiger partial charge in [0.05, 0.1) is 17.8 Å². The lowest BCUT2D eigenvalue weighted by Crippen LogP contribution is -2.42. The van der Waals surface area contributed by atoms with Crippen LogP contribution in [0.4, 0.5) is 5.69 Å². The van der Waals surface area contributed by atoms with E-state index in [9.17, 15) is 4.79 Å². The average Bonchev–Trinajstić information content (AvgIpc) is 2.66. The molecule has 1 aliphatic heterocycles. The van der Waals surface area contributed by atoms with Crippen LogP contribution in [0.2, 0.25) is 0 Å². The van der Waals surface area contributed by atoms with E-state index in [1.165, 1.54) is 5.56 Å². The zero-order chi connectivity index (χ0) is 18.7. The number of benzene rings is 1. The minimum Gasteiger partial charge on any atom is -0.462 e. The van der Waals surface area contributed by atoms with Gasteiger partial charge in [0.1, 0.15) is 5.56 Å². The van der Waals surface area contributed by atoms with E-state index in [4.69, 9.17) is 4.74 Å². The molecular formula is C21H29N3O2. The molecule has 0 bridgehead atoms. The lowest BCUT2D eigenvalue weighted by Gasteiger charge is -2.37. The monoisotopic (exact) mass is 355 g/mol. The number of fused-ring (bicyclic) bond motifs is 1. The first-order valence-electron chi connectivity index (χ1n) is 9.55. The zero-order valence-electron chi connectivity index (χ0n) is 16.3. The Morgan fingerprint density at radius 1 is 1.31 bits per heavy atom. The molecule has 0 unspecified atom stereocenters. The molecule has 0 atom stereocenters. The summed E-state index contributed by atoms with van der Waals surface area (Å²) in [6.45, 7) is 6.49. The zero-order valence-corrected chi connectivity index (χ0v) is 16.3. The minimum absolute atomic E-state index is 0.293. The molecule has 1 aromatic carbocycles. The number of piperidine rings is 1. The van der Waals surface area contributed by atoms with Crippen LogP contribution in [0.25, 0.3) is 10.9 Å². The Balaban J connectivity index is 2.12. The van der Waals surface area contributed by atoms with Crippen molar-refractivity contribution in [2.45, 2.75) is 39.2 Å². The van der Waals surface area contributed by atoms with Gasteiger partial charge in [0.15, 0.2) is 0 Å². The topological polar surface area (TPSA) is 45.7 Å². The van der Waals surface area contributed by atoms with E-state index >= 15 is 0 Å². The van der Waals surface area contributed by atoms with E-state index in [1.54, 1.807) is 6.20 Å². The molecule has 1 aromatic heterocycles. The second-order valence-corrected chi connectivity index (χ2v) is 7.05. The number of hydrogen-bond acceptors (Lipinski definition) is 5. The Kier molecular flexibility index (Phi) is 5.77. The summed E-state index contributed by atoms with van der Waals surface area (Å²) in [5.74, 6) is -0.293. The van der Waals surface area contributed by atoms with Gasteiger partial charge in [-0.05, 0) is 51.9 Å². The third kappa shape index (κ3) is 3.54. The molecule has 26 heavy (non-hydrogen) atoms. The summed E-state index contributed by atoms with van der Waals surface area (Å²) in [6, 6.07) is 6.66. The summed E-state index contributed by atoms with van der Waals surface area (Å²) in [5.41, 5.74) is 3.71. The first-order chi connectivity index (χ1) is 12.6. The molecule has 1 aliphatic rings. The molecule has 2 aromatic rings. The van der Waals surface area contributed by atoms with Crippen molar-refractivity contribution in [3.05, 3.63) is 35.5 Å². The van der Waals surface area contributed by atoms with Crippen LogP contribution in [0, 0.1) is 0 Å². The van der Waals surface area contributed by atoms with Crippen LogP contribution >= 0.6 is 0 Å². The van der Waals surface area contributed by atoms with Gasteiger partial charge in [0.25, 0.3) is 0 Å². The van der Waals surface area contributed by atoms with Crippen LogP contribution in [0.1, 0.15) is 42.6 Å². The highest BCUT2D eigenvalue weighted by Gasteiger charge is 2.27. The SMILES string of the molecule is CCOC(=O)c1cnc2c(CC)cccc2c1N(C)C1CCN(C)CC1. The number of para-hydroxylation sites is 1. The van der Waals surface area contributed by atoms with Crippen molar-refractivity contribution >= 4 is 22.6 Å². The quantitative estimate of drug-likeness (QED) is 0.768. The first kappa shape index (κ1) is 18.6. The number of aromatic nitrogens is 1. The molecule has 2 heterocycles. The van der Waals surface area contributed by atoms with Crippen LogP contribution in [0.15, 0.2) is 24.4 Å². The second-order valence-electron chi connectivity index (χ2n) is 7.05. The van der Waals surface area contributed by atoms with Crippen LogP contribution in [0.5, 0.6) is 0 Å². The lowest BCUT2D eigenvalue weighted by atomic mass is 9.99. The highest BCUT2D eigenvalue weighted by Crippen LogP contribution is 2.34. The number of aryl methyl sites for hydroxylation is 1. The number of hydrogen-bond donors (Lipinski definition) is 0. The number of rotatable bonds is 5. The standard InChI is InChI=1S/C21H29N3O2/c1-5-15-8-7-9-17-19(15)22-14-18(21(25)26-6-2)20(17)24(4)16-10-12-23(3)13-11-16/h7-9,14,16H,5-6,10-13H2,1-4H3. The van der Waals surface area contributed by atoms with Crippen molar-refractivity contribution in [2.75, 3.05) is 38.7 Å². The van der Waals surface area contributed by atoms with E-state index < -0.39 is 0 Å². The Morgan fingerprint density at radius 2 is 2.04 bits per heavy atom. The average molecular weight is 355 g/mol. The van der Waals surface area contributed by atoms with Crippen molar-refractivity contribution in [2.24, 2.45) is 0 Å². The Hall–Kier alpha value is -2.14. The summed E-state index contributed by atoms with van der Waals surface area (Å²) in [6.07, 6.45) is 4.79. The highest BCUT2D eigenvalue weighted by atomic mass is 16.5. The van der Waals surface area contributed by atoms with Gasteiger partial charge in [-0.1, -0.05) is 25.1 Å². The molecule has 0 amide bonds. The van der Waals surface area contributed by atoms with Gasteiger partial charge in [-0.25, -0.2) is 4.79 Å². The number of pyridine rings is 1. The van der Waals surface area contributed by atoms with E-state index in [-0.39, 0.29) is 5.97 Å². The fourth-order valence-corrected chi connectivity index (χ4v) is 3.86. The smallest absolute Gasteiger partial charge is 0.341 e. The number of anilines is 1. The first-order valence-corrected chi connectivity index (χ1v) is 9.55. The van der Waals surface area contributed by atoms with Crippen molar-refractivity contribution < 1.29 is 9.53 Å². The van der Waals surface area contributed by atoms with Crippen LogP contribution < -0.4 is 4.90 Å². The Bertz CT molecular complexity index is 782. The molecule has 1 saturated heterocycles. The molecule has 140 valence electrons. The van der Waals surface area contributed by atoms with Crippen LogP contribution in [0.3, 0.4) is 0 Å². The summed E-state index contributed by atoms with van der Waals surface area (Å²) >= 11 is 0. The molecule has 0 aliphatic carbocycles. The normalized spacial score (nSPS) is 16.0. The molecule has 0 N–H and O–H groups in total. The van der Waals surface area contributed by atoms with Gasteiger partial charge in [-0.2, -0.15) is 0 Å². The van der Waals surface area contributed by atoms with Crippen molar-refractivity contribution in [1.82, 2.24) is 9.88 Å². The second kappa shape index (κ2) is 8.04. The maximum atomic E-state index is 12.6. The van der Waals surface area contributed by atoms with Gasteiger partial charge in [-0.15, -0.1) is 0 Å². The number of nitrogens with zero attached hydrogens (tertiary/aromatic N) is 3. The predicted octanol–water partition coefficient (Wildman–Crippen LogP) is 3.50. The fourth-order valence-electron chi connectivity index (χ4n) is 3.86. The number of carbonyl (C=O) groups excluding carboxylic acids is 1. The number of ether oxygens (including phenoxy) is 1. The largest absolute Gasteiger partial charge is 0.462 e. The van der Waals surface area contributed by atoms with Crippen LogP contribution in [-0.2, 0) is 11.2 Å². The van der Waals surface area contributed by atoms with Crippen molar-refractivity contribution in [1.29, 1.82) is 0 Å². The summed E-state index contributed by atoms with van der Waals surface area (Å²) in [4.78, 5) is 21.9. The molecule has 0 spiro atoms. The summed E-state index contributed by atoms with van der Waals surface area (Å²) < 4.78 is 5.31. The van der Waals surface area contributed by atoms with E-state index in [0.717, 1.165) is 48.9 Å². The molecule has 0 saturated carbocycles. The summed E-state index contributed by atoms with van der Waals surface area (Å²) in [7, 11) is 4.27. The van der Waals surface area contributed by atoms with Gasteiger partial charge in [0, 0.05) is 24.7 Å². The van der Waals surface area contributed by atoms with Gasteiger partial charge in [-0.3, -0.25) is 4.98 Å². The number of likely N-dealkylation sites (tertiary alicyclic amines) is 1. The minimum atomic E-state index is -0.293. The summed E-state index contributed by atoms with van der Waals surface area (Å²) in [5, 5.41) is 1.04. The molecular weight excluding hydrogens is 326 g/mol. The molecule has 1 fully saturated rings. The maximum absolute atomic E-state index is 12.6. The number of carbonyl (C=O) groups is 1. The van der Waals surface area contributed by atoms with E-state index in [0.29, 0.717) is 18.2 Å². The number of esters is 1. The third-order valence-corrected chi connectivity index (χ3v) is 5.42. The lowest BCUT2D eigenvalue weighted by molar-refractivity contribution is 0.0526. The molecule has 5 heteroatoms. The van der Waals surface area contributed by atoms with Crippen molar-refractivity contribution in [3.63, 3.8) is 0 Å². The maximum Gasteiger partial charge on any atom is 0.341 e. The molecule has 5 nitrogen and oxygen atoms in total. The van der Waals surface area contributed by atoms with Gasteiger partial charge >= 0.3 is 5.97 Å². The van der Waals surface area contributed by atoms with Crippen LogP contribution in [-0.4, -0.2) is 55.7 Å². The van der Waals surface area contributed by atoms with E-state index in [1.807, 2.05) is 6.92 Å². The molecule has 0 radical (unpaired) electrons.